The van der Waals surface area contributed by atoms with Crippen LogP contribution in [0, 0.1) is 0 Å². The molecule has 3 unspecified atom stereocenters. The lowest BCUT2D eigenvalue weighted by molar-refractivity contribution is -0.00278. The lowest BCUT2D eigenvalue weighted by Crippen LogP contribution is -2.55. The van der Waals surface area contributed by atoms with Gasteiger partial charge in [0.05, 0.1) is 29.7 Å². The van der Waals surface area contributed by atoms with E-state index in [1.807, 2.05) is 72.9 Å². The maximum absolute atomic E-state index is 7.27. The molecule has 52 heavy (non-hydrogen) atoms. The zero-order chi connectivity index (χ0) is 36.0. The van der Waals surface area contributed by atoms with Crippen LogP contribution in [0.2, 0.25) is 10.0 Å². The van der Waals surface area contributed by atoms with Crippen LogP contribution < -0.4 is 5.32 Å². The van der Waals surface area contributed by atoms with E-state index < -0.39 is 17.5 Å². The highest BCUT2D eigenvalue weighted by molar-refractivity contribution is 9.11. The molecule has 3 atom stereocenters. The average Bonchev–Trinajstić information content (AvgIpc) is 3.75. The van der Waals surface area contributed by atoms with Gasteiger partial charge in [-0.2, -0.15) is 0 Å². The number of benzene rings is 6. The van der Waals surface area contributed by atoms with Gasteiger partial charge in [0.25, 0.3) is 0 Å². The van der Waals surface area contributed by atoms with Crippen LogP contribution in [-0.2, 0) is 11.3 Å². The summed E-state index contributed by atoms with van der Waals surface area (Å²) in [5.74, 6) is -1.37. The van der Waals surface area contributed by atoms with E-state index in [2.05, 4.69) is 153 Å². The number of halogens is 6. The van der Waals surface area contributed by atoms with Crippen molar-refractivity contribution in [3.8, 4) is 0 Å². The smallest absolute Gasteiger partial charge is 0.238 e. The summed E-state index contributed by atoms with van der Waals surface area (Å²) in [5, 5.41) is 5.28. The van der Waals surface area contributed by atoms with Crippen molar-refractivity contribution >= 4 is 98.8 Å². The van der Waals surface area contributed by atoms with Crippen LogP contribution >= 0.6 is 86.9 Å². The summed E-state index contributed by atoms with van der Waals surface area (Å²) in [7, 11) is 0. The van der Waals surface area contributed by atoms with Gasteiger partial charge in [-0.15, -0.1) is 0 Å². The van der Waals surface area contributed by atoms with E-state index in [1.54, 1.807) is 0 Å². The molecule has 0 spiro atoms. The van der Waals surface area contributed by atoms with Crippen LogP contribution in [0.3, 0.4) is 0 Å². The Morgan fingerprint density at radius 1 is 0.577 bits per heavy atom. The second kappa shape index (κ2) is 14.7. The van der Waals surface area contributed by atoms with Gasteiger partial charge in [-0.3, -0.25) is 5.32 Å². The van der Waals surface area contributed by atoms with Gasteiger partial charge < -0.3 is 0 Å². The zero-order valence-electron chi connectivity index (χ0n) is 27.2. The lowest BCUT2D eigenvalue weighted by atomic mass is 9.73. The third kappa shape index (κ3) is 6.29. The molecule has 6 aromatic carbocycles. The summed E-state index contributed by atoms with van der Waals surface area (Å²) in [6, 6.07) is 49.2. The molecule has 0 amide bonds. The van der Waals surface area contributed by atoms with E-state index in [-0.39, 0.29) is 6.04 Å². The van der Waals surface area contributed by atoms with Crippen LogP contribution in [0.4, 0.5) is 0 Å². The van der Waals surface area contributed by atoms with Gasteiger partial charge in [0, 0.05) is 44.6 Å². The molecule has 258 valence electrons. The molecule has 4 nitrogen and oxygen atoms in total. The molecule has 6 aromatic rings. The minimum atomic E-state index is -1.37. The maximum atomic E-state index is 7.27. The van der Waals surface area contributed by atoms with E-state index in [1.165, 1.54) is 0 Å². The van der Waals surface area contributed by atoms with Crippen LogP contribution in [0.5, 0.6) is 0 Å². The van der Waals surface area contributed by atoms with E-state index in [4.69, 9.17) is 33.2 Å². The van der Waals surface area contributed by atoms with Crippen molar-refractivity contribution in [2.24, 2.45) is 9.98 Å². The van der Waals surface area contributed by atoms with Crippen LogP contribution in [0.15, 0.2) is 173 Å². The normalized spacial score (nSPS) is 21.0. The minimum absolute atomic E-state index is 0.342. The Morgan fingerprint density at radius 2 is 1.08 bits per heavy atom. The molecule has 1 N–H and O–H groups in total. The lowest BCUT2D eigenvalue weighted by Gasteiger charge is -2.50. The Bertz CT molecular complexity index is 2270. The second-order valence-electron chi connectivity index (χ2n) is 12.6. The van der Waals surface area contributed by atoms with E-state index >= 15 is 0 Å². The van der Waals surface area contributed by atoms with Gasteiger partial charge >= 0.3 is 0 Å². The molecular formula is C42H28Br4Cl2N4. The maximum Gasteiger partial charge on any atom is 0.238 e. The highest BCUT2D eigenvalue weighted by atomic mass is 79.9. The van der Waals surface area contributed by atoms with Gasteiger partial charge in [0.15, 0.2) is 0 Å². The van der Waals surface area contributed by atoms with Crippen molar-refractivity contribution in [3.63, 3.8) is 0 Å². The van der Waals surface area contributed by atoms with Gasteiger partial charge in [-0.05, 0) is 77.4 Å². The average molecular weight is 979 g/mol. The van der Waals surface area contributed by atoms with E-state index in [0.717, 1.165) is 57.0 Å². The van der Waals surface area contributed by atoms with E-state index in [0.29, 0.717) is 10.0 Å². The van der Waals surface area contributed by atoms with Crippen LogP contribution in [-0.4, -0.2) is 16.8 Å². The molecule has 0 bridgehead atoms. The van der Waals surface area contributed by atoms with Crippen molar-refractivity contribution in [2.45, 2.75) is 23.5 Å². The highest BCUT2D eigenvalue weighted by Gasteiger charge is 2.64. The molecule has 0 aromatic heterocycles. The molecule has 1 fully saturated rings. The zero-order valence-corrected chi connectivity index (χ0v) is 35.1. The fraction of sp³-hybridized carbons (Fsp3) is 0.0952. The third-order valence-corrected chi connectivity index (χ3v) is 12.5. The number of nitrogens with one attached hydrogen (secondary N) is 1. The molecule has 8 rings (SSSR count). The van der Waals surface area contributed by atoms with Crippen molar-refractivity contribution in [3.05, 3.63) is 207 Å². The summed E-state index contributed by atoms with van der Waals surface area (Å²) in [5.41, 5.74) is 5.47. The van der Waals surface area contributed by atoms with Gasteiger partial charge in [-0.1, -0.05) is 172 Å². The molecule has 0 aliphatic carbocycles. The number of rotatable bonds is 7. The second-order valence-corrected chi connectivity index (χ2v) is 17.1. The molecule has 0 saturated carbocycles. The molecule has 10 heteroatoms. The van der Waals surface area contributed by atoms with E-state index in [9.17, 15) is 0 Å². The molecule has 0 radical (unpaired) electrons. The molecule has 2 aliphatic rings. The van der Waals surface area contributed by atoms with Gasteiger partial charge in [0.1, 0.15) is 0 Å². The first kappa shape index (κ1) is 36.1. The first-order chi connectivity index (χ1) is 25.2. The third-order valence-electron chi connectivity index (χ3n) is 9.71. The topological polar surface area (TPSA) is 40.0 Å². The largest absolute Gasteiger partial charge is 0.288 e. The van der Waals surface area contributed by atoms with Gasteiger partial charge in [-0.25, -0.2) is 14.9 Å². The monoisotopic (exact) mass is 974 g/mol. The summed E-state index contributed by atoms with van der Waals surface area (Å²) in [6.07, 6.45) is 1.35. The summed E-state index contributed by atoms with van der Waals surface area (Å²) in [4.78, 5) is 13.5. The Kier molecular flexibility index (Phi) is 10.2. The predicted molar refractivity (Wildman–Crippen MR) is 227 cm³/mol. The van der Waals surface area contributed by atoms with Crippen molar-refractivity contribution in [1.29, 1.82) is 0 Å². The molecule has 2 heterocycles. The summed E-state index contributed by atoms with van der Waals surface area (Å²) in [6.45, 7) is 0. The van der Waals surface area contributed by atoms with Crippen LogP contribution in [0.1, 0.15) is 45.6 Å². The fourth-order valence-electron chi connectivity index (χ4n) is 7.47. The fourth-order valence-corrected chi connectivity index (χ4v) is 9.03. The van der Waals surface area contributed by atoms with Crippen LogP contribution in [0.25, 0.3) is 0 Å². The number of aliphatic imine (C=N–C) groups is 2. The Hall–Kier alpha value is -2.92. The summed E-state index contributed by atoms with van der Waals surface area (Å²) < 4.78 is 3.91. The number of hydrogen-bond donors (Lipinski definition) is 1. The number of nitrogens with zero attached hydrogens (tertiary/aromatic N) is 3. The molecule has 2 aliphatic heterocycles. The Morgan fingerprint density at radius 3 is 1.63 bits per heavy atom. The first-order valence-corrected chi connectivity index (χ1v) is 20.4. The number of hydrogen-bond acceptors (Lipinski definition) is 4. The van der Waals surface area contributed by atoms with Crippen molar-refractivity contribution in [2.75, 3.05) is 0 Å². The van der Waals surface area contributed by atoms with Crippen molar-refractivity contribution in [1.82, 2.24) is 10.2 Å². The van der Waals surface area contributed by atoms with Gasteiger partial charge in [0.2, 0.25) is 5.79 Å². The molecule has 1 saturated heterocycles. The Labute approximate surface area is 346 Å². The SMILES string of the molecule is Clc1ccccc1C1NC(c2ccc(Br)cc2)C(c2ccc(Br)cc2)(c2ccc(Br)cc2)N1C1(c2ccccc2Cl)N=CC(c2ccc(Br)cc2)=N1. The van der Waals surface area contributed by atoms with Crippen molar-refractivity contribution < 1.29 is 0 Å². The molecular weight excluding hydrogens is 951 g/mol. The quantitative estimate of drug-likeness (QED) is 0.173. The highest BCUT2D eigenvalue weighted by Crippen LogP contribution is 2.61. The minimum Gasteiger partial charge on any atom is -0.288 e. The first-order valence-electron chi connectivity index (χ1n) is 16.4. The predicted octanol–water partition coefficient (Wildman–Crippen LogP) is 13.0. The summed E-state index contributed by atoms with van der Waals surface area (Å²) >= 11 is 29.2. The Balaban J connectivity index is 1.54. The standard InChI is InChI=1S/C42H28Br4Cl2N4/c43-30-17-9-26(10-18-30)38-25-49-42(51-38,35-6-2-4-8-37(35)48)52-40(34-5-1-3-7-36(34)47)50-39(27-11-19-31(44)20-12-27)41(52,28-13-21-32(45)22-14-28)29-15-23-33(46)24-16-29/h1-25,39-40,50H.